The summed E-state index contributed by atoms with van der Waals surface area (Å²) in [4.78, 5) is 0. The molecule has 0 saturated heterocycles. The second-order valence-corrected chi connectivity index (χ2v) is 9.48. The molecule has 1 N–H and O–H groups in total. The maximum atomic E-state index is 13.6. The van der Waals surface area contributed by atoms with Crippen molar-refractivity contribution >= 4 is 0 Å². The average molecular weight is 506 g/mol. The molecule has 6 nitrogen and oxygen atoms in total. The van der Waals surface area contributed by atoms with Gasteiger partial charge in [0.15, 0.2) is 0 Å². The fourth-order valence-electron chi connectivity index (χ4n) is 4.88. The molecule has 5 rings (SSSR count). The third-order valence-electron chi connectivity index (χ3n) is 6.76. The molecule has 0 amide bonds. The largest absolute Gasteiger partial charge is 0.573 e. The van der Waals surface area contributed by atoms with Gasteiger partial charge in [-0.3, -0.25) is 0 Å². The van der Waals surface area contributed by atoms with Crippen molar-refractivity contribution in [3.8, 4) is 11.5 Å². The number of nitrogens with zero attached hydrogens (tertiary/aromatic N) is 2. The van der Waals surface area contributed by atoms with Gasteiger partial charge in [-0.25, -0.2) is 4.39 Å². The van der Waals surface area contributed by atoms with Gasteiger partial charge in [0.25, 0.3) is 0 Å². The van der Waals surface area contributed by atoms with E-state index in [4.69, 9.17) is 9.15 Å². The van der Waals surface area contributed by atoms with Crippen molar-refractivity contribution in [3.63, 3.8) is 0 Å². The van der Waals surface area contributed by atoms with Gasteiger partial charge in [0.05, 0.1) is 6.61 Å². The summed E-state index contributed by atoms with van der Waals surface area (Å²) in [7, 11) is 0. The van der Waals surface area contributed by atoms with E-state index in [1.165, 1.54) is 30.3 Å². The Kier molecular flexibility index (Phi) is 6.87. The van der Waals surface area contributed by atoms with E-state index < -0.39 is 6.36 Å². The molecule has 3 atom stereocenters. The molecule has 192 valence electrons. The maximum absolute atomic E-state index is 13.6. The third-order valence-corrected chi connectivity index (χ3v) is 6.76. The molecule has 1 aromatic heterocycles. The van der Waals surface area contributed by atoms with Gasteiger partial charge in [-0.15, -0.1) is 23.4 Å². The zero-order chi connectivity index (χ0) is 25.3. The van der Waals surface area contributed by atoms with Crippen molar-refractivity contribution in [1.82, 2.24) is 15.5 Å². The smallest absolute Gasteiger partial charge is 0.493 e. The Morgan fingerprint density at radius 1 is 1.03 bits per heavy atom. The number of alkyl halides is 3. The highest BCUT2D eigenvalue weighted by molar-refractivity contribution is 5.41. The molecule has 2 aliphatic carbocycles. The molecule has 2 fully saturated rings. The van der Waals surface area contributed by atoms with Crippen molar-refractivity contribution in [2.24, 2.45) is 5.92 Å². The molecular formula is C26H27F4N3O3. The van der Waals surface area contributed by atoms with Gasteiger partial charge >= 0.3 is 6.36 Å². The molecule has 3 unspecified atom stereocenters. The van der Waals surface area contributed by atoms with Crippen molar-refractivity contribution in [3.05, 3.63) is 71.2 Å². The van der Waals surface area contributed by atoms with E-state index in [1.807, 2.05) is 0 Å². The Morgan fingerprint density at radius 3 is 2.47 bits per heavy atom. The summed E-state index contributed by atoms with van der Waals surface area (Å²) in [6.45, 7) is 2.53. The number of rotatable bonds is 9. The van der Waals surface area contributed by atoms with Crippen LogP contribution in [0.5, 0.6) is 11.5 Å². The number of hydrogen-bond donors (Lipinski definition) is 1. The number of hydrogen-bond acceptors (Lipinski definition) is 6. The second kappa shape index (κ2) is 10.1. The molecule has 2 saturated carbocycles. The van der Waals surface area contributed by atoms with Gasteiger partial charge in [0, 0.05) is 36.9 Å². The molecule has 0 aliphatic heterocycles. The van der Waals surface area contributed by atoms with E-state index in [9.17, 15) is 17.6 Å². The lowest BCUT2D eigenvalue weighted by Crippen LogP contribution is -2.32. The van der Waals surface area contributed by atoms with Crippen LogP contribution in [0.25, 0.3) is 0 Å². The Labute approximate surface area is 206 Å². The molecular weight excluding hydrogens is 478 g/mol. The highest BCUT2D eigenvalue weighted by Gasteiger charge is 2.41. The zero-order valence-electron chi connectivity index (χ0n) is 19.7. The fourth-order valence-corrected chi connectivity index (χ4v) is 4.88. The van der Waals surface area contributed by atoms with Gasteiger partial charge in [-0.05, 0) is 67.5 Å². The topological polar surface area (TPSA) is 69.4 Å². The molecule has 1 heterocycles. The highest BCUT2D eigenvalue weighted by atomic mass is 19.4. The number of ether oxygens (including phenoxy) is 2. The van der Waals surface area contributed by atoms with Gasteiger partial charge in [0.1, 0.15) is 17.3 Å². The second-order valence-electron chi connectivity index (χ2n) is 9.48. The highest BCUT2D eigenvalue weighted by Crippen LogP contribution is 2.46. The Morgan fingerprint density at radius 2 is 1.81 bits per heavy atom. The van der Waals surface area contributed by atoms with Crippen molar-refractivity contribution < 1.29 is 31.5 Å². The third kappa shape index (κ3) is 5.98. The lowest BCUT2D eigenvalue weighted by Gasteiger charge is -2.25. The van der Waals surface area contributed by atoms with Gasteiger partial charge in [0.2, 0.25) is 11.8 Å². The lowest BCUT2D eigenvalue weighted by atomic mass is 9.86. The van der Waals surface area contributed by atoms with Crippen molar-refractivity contribution in [1.29, 1.82) is 0 Å². The minimum Gasteiger partial charge on any atom is -0.493 e. The van der Waals surface area contributed by atoms with Gasteiger partial charge < -0.3 is 19.2 Å². The SMILES string of the molecule is Cc1nnc(C2CCC(NCc3cc(OC(F)(F)F)ccc3OCC3CC3)C2c2ccc(F)cc2)o1. The number of nitrogens with one attached hydrogen (secondary N) is 1. The standard InChI is InChI=1S/C26H27F4N3O3/c1-15-32-33-25(35-15)21-9-10-22(24(21)17-4-6-19(27)7-5-17)31-13-18-12-20(36-26(28,29)30)8-11-23(18)34-14-16-2-3-16/h4-8,11-12,16,21-22,24,31H,2-3,9-10,13-14H2,1H3. The summed E-state index contributed by atoms with van der Waals surface area (Å²) in [5.41, 5.74) is 1.50. The van der Waals surface area contributed by atoms with Crippen LogP contribution in [0.1, 0.15) is 60.4 Å². The quantitative estimate of drug-likeness (QED) is 0.359. The first-order valence-electron chi connectivity index (χ1n) is 12.1. The van der Waals surface area contributed by atoms with Crippen LogP contribution in [0, 0.1) is 18.7 Å². The van der Waals surface area contributed by atoms with Gasteiger partial charge in [-0.2, -0.15) is 0 Å². The predicted molar refractivity (Wildman–Crippen MR) is 122 cm³/mol. The fraction of sp³-hybridized carbons (Fsp3) is 0.462. The number of benzene rings is 2. The summed E-state index contributed by atoms with van der Waals surface area (Å²) in [5.74, 6) is 1.25. The van der Waals surface area contributed by atoms with Crippen LogP contribution in [0.2, 0.25) is 0 Å². The number of halogens is 4. The van der Waals surface area contributed by atoms with Crippen LogP contribution in [0.15, 0.2) is 46.9 Å². The molecule has 2 aliphatic rings. The first-order valence-corrected chi connectivity index (χ1v) is 12.1. The molecule has 0 bridgehead atoms. The summed E-state index contributed by atoms with van der Waals surface area (Å²) in [6.07, 6.45) is -1.05. The molecule has 0 spiro atoms. The summed E-state index contributed by atoms with van der Waals surface area (Å²) in [6, 6.07) is 10.4. The number of aromatic nitrogens is 2. The van der Waals surface area contributed by atoms with Crippen LogP contribution < -0.4 is 14.8 Å². The van der Waals surface area contributed by atoms with Crippen molar-refractivity contribution in [2.45, 2.75) is 63.4 Å². The Hall–Kier alpha value is -3.14. The predicted octanol–water partition coefficient (Wildman–Crippen LogP) is 6.02. The van der Waals surface area contributed by atoms with Crippen molar-refractivity contribution in [2.75, 3.05) is 6.61 Å². The summed E-state index contributed by atoms with van der Waals surface area (Å²) in [5, 5.41) is 11.7. The summed E-state index contributed by atoms with van der Waals surface area (Å²) < 4.78 is 67.9. The maximum Gasteiger partial charge on any atom is 0.573 e. The van der Waals surface area contributed by atoms with E-state index in [2.05, 4.69) is 20.3 Å². The summed E-state index contributed by atoms with van der Waals surface area (Å²) >= 11 is 0. The van der Waals surface area contributed by atoms with E-state index >= 15 is 0 Å². The van der Waals surface area contributed by atoms with Crippen LogP contribution in [-0.4, -0.2) is 29.2 Å². The van der Waals surface area contributed by atoms with Crippen LogP contribution in [0.3, 0.4) is 0 Å². The number of aryl methyl sites for hydroxylation is 1. The average Bonchev–Trinajstić information content (AvgIpc) is 3.41. The lowest BCUT2D eigenvalue weighted by molar-refractivity contribution is -0.274. The first-order chi connectivity index (χ1) is 17.2. The molecule has 10 heteroatoms. The van der Waals surface area contributed by atoms with E-state index in [-0.39, 0.29) is 36.0 Å². The zero-order valence-corrected chi connectivity index (χ0v) is 19.7. The Bertz CT molecular complexity index is 1180. The van der Waals surface area contributed by atoms with E-state index in [1.54, 1.807) is 19.1 Å². The normalized spacial score (nSPS) is 22.1. The minimum atomic E-state index is -4.78. The minimum absolute atomic E-state index is 0.0591. The Balaban J connectivity index is 1.38. The van der Waals surface area contributed by atoms with Crippen LogP contribution in [0.4, 0.5) is 17.6 Å². The molecule has 0 radical (unpaired) electrons. The monoisotopic (exact) mass is 505 g/mol. The van der Waals surface area contributed by atoms with Crippen LogP contribution >= 0.6 is 0 Å². The van der Waals surface area contributed by atoms with Crippen LogP contribution in [-0.2, 0) is 6.54 Å². The van der Waals surface area contributed by atoms with Gasteiger partial charge in [-0.1, -0.05) is 12.1 Å². The molecule has 3 aromatic rings. The first kappa shape index (κ1) is 24.5. The molecule has 36 heavy (non-hydrogen) atoms. The van der Waals surface area contributed by atoms with E-state index in [0.29, 0.717) is 35.6 Å². The molecule has 2 aromatic carbocycles. The van der Waals surface area contributed by atoms with E-state index in [0.717, 1.165) is 31.2 Å².